The first-order valence-corrected chi connectivity index (χ1v) is 6.18. The summed E-state index contributed by atoms with van der Waals surface area (Å²) in [4.78, 5) is 0. The van der Waals surface area contributed by atoms with Crippen molar-refractivity contribution < 1.29 is 9.13 Å². The lowest BCUT2D eigenvalue weighted by Crippen LogP contribution is -2.17. The second-order valence-electron chi connectivity index (χ2n) is 4.00. The minimum absolute atomic E-state index is 0.00514. The van der Waals surface area contributed by atoms with Crippen LogP contribution >= 0.6 is 11.6 Å². The summed E-state index contributed by atoms with van der Waals surface area (Å²) < 4.78 is 18.6. The van der Waals surface area contributed by atoms with Crippen LogP contribution in [0.15, 0.2) is 18.2 Å². The Morgan fingerprint density at radius 3 is 2.82 bits per heavy atom. The van der Waals surface area contributed by atoms with Gasteiger partial charge in [0.15, 0.2) is 0 Å². The highest BCUT2D eigenvalue weighted by Crippen LogP contribution is 2.24. The third-order valence-corrected chi connectivity index (χ3v) is 3.01. The van der Waals surface area contributed by atoms with Crippen molar-refractivity contribution in [3.63, 3.8) is 0 Å². The molecule has 2 nitrogen and oxygen atoms in total. The summed E-state index contributed by atoms with van der Waals surface area (Å²) in [5, 5.41) is 3.69. The van der Waals surface area contributed by atoms with E-state index in [1.165, 1.54) is 6.07 Å². The van der Waals surface area contributed by atoms with Crippen LogP contribution in [0.25, 0.3) is 0 Å². The number of hydrogen-bond donors (Lipinski definition) is 1. The van der Waals surface area contributed by atoms with E-state index in [2.05, 4.69) is 5.32 Å². The highest BCUT2D eigenvalue weighted by molar-refractivity contribution is 6.30. The maximum atomic E-state index is 13.7. The Morgan fingerprint density at radius 1 is 1.41 bits per heavy atom. The third kappa shape index (κ3) is 4.62. The number of rotatable bonds is 7. The molecular weight excluding hydrogens is 241 g/mol. The molecule has 1 atom stereocenters. The van der Waals surface area contributed by atoms with Crippen LogP contribution in [0.4, 0.5) is 4.39 Å². The molecule has 0 saturated heterocycles. The van der Waals surface area contributed by atoms with Crippen molar-refractivity contribution in [3.8, 4) is 0 Å². The largest absolute Gasteiger partial charge is 0.385 e. The first-order valence-electron chi connectivity index (χ1n) is 5.80. The number of hydrogen-bond acceptors (Lipinski definition) is 2. The van der Waals surface area contributed by atoms with Crippen molar-refractivity contribution in [1.82, 2.24) is 5.32 Å². The molecule has 0 amide bonds. The van der Waals surface area contributed by atoms with Gasteiger partial charge >= 0.3 is 0 Å². The fourth-order valence-electron chi connectivity index (χ4n) is 1.83. The highest BCUT2D eigenvalue weighted by Gasteiger charge is 2.13. The molecule has 1 aromatic carbocycles. The summed E-state index contributed by atoms with van der Waals surface area (Å²) >= 11 is 5.89. The Morgan fingerprint density at radius 2 is 2.18 bits per heavy atom. The average molecular weight is 260 g/mol. The number of halogens is 2. The molecular formula is C13H19ClFNO. The van der Waals surface area contributed by atoms with Gasteiger partial charge in [0.1, 0.15) is 5.82 Å². The molecule has 0 bridgehead atoms. The fraction of sp³-hybridized carbons (Fsp3) is 0.538. The Kier molecular flexibility index (Phi) is 6.48. The summed E-state index contributed by atoms with van der Waals surface area (Å²) in [6.45, 7) is 0.745. The van der Waals surface area contributed by atoms with E-state index in [9.17, 15) is 4.39 Å². The first-order chi connectivity index (χ1) is 8.19. The number of ether oxygens (including phenoxy) is 1. The molecule has 96 valence electrons. The van der Waals surface area contributed by atoms with Crippen LogP contribution in [-0.4, -0.2) is 20.8 Å². The number of unbranched alkanes of at least 4 members (excludes halogenated alkanes) is 1. The molecule has 1 N–H and O–H groups in total. The molecule has 0 saturated carbocycles. The first kappa shape index (κ1) is 14.4. The second-order valence-corrected chi connectivity index (χ2v) is 4.43. The molecule has 0 aliphatic heterocycles. The summed E-state index contributed by atoms with van der Waals surface area (Å²) in [5.41, 5.74) is 0.636. The standard InChI is InChI=1S/C13H19ClFNO/c1-16-13(5-3-4-8-17-2)11-9-10(14)6-7-12(11)15/h6-7,9,13,16H,3-5,8H2,1-2H3. The van der Waals surface area contributed by atoms with Gasteiger partial charge in [0.05, 0.1) is 0 Å². The minimum Gasteiger partial charge on any atom is -0.385 e. The molecule has 0 aromatic heterocycles. The predicted octanol–water partition coefficient (Wildman–Crippen LogP) is 3.56. The van der Waals surface area contributed by atoms with Crippen molar-refractivity contribution in [2.75, 3.05) is 20.8 Å². The molecule has 4 heteroatoms. The molecule has 1 unspecified atom stereocenters. The summed E-state index contributed by atoms with van der Waals surface area (Å²) in [7, 11) is 3.52. The zero-order valence-electron chi connectivity index (χ0n) is 10.3. The van der Waals surface area contributed by atoms with E-state index in [0.29, 0.717) is 10.6 Å². The zero-order valence-corrected chi connectivity index (χ0v) is 11.1. The zero-order chi connectivity index (χ0) is 12.7. The van der Waals surface area contributed by atoms with E-state index in [1.807, 2.05) is 7.05 Å². The van der Waals surface area contributed by atoms with Gasteiger partial charge < -0.3 is 10.1 Å². The predicted molar refractivity (Wildman–Crippen MR) is 68.9 cm³/mol. The fourth-order valence-corrected chi connectivity index (χ4v) is 2.01. The third-order valence-electron chi connectivity index (χ3n) is 2.77. The Hall–Kier alpha value is -0.640. The Balaban J connectivity index is 2.62. The normalized spacial score (nSPS) is 12.7. The molecule has 0 aliphatic rings. The topological polar surface area (TPSA) is 21.3 Å². The van der Waals surface area contributed by atoms with Gasteiger partial charge in [0, 0.05) is 30.3 Å². The quantitative estimate of drug-likeness (QED) is 0.756. The highest BCUT2D eigenvalue weighted by atomic mass is 35.5. The molecule has 0 fully saturated rings. The molecule has 0 radical (unpaired) electrons. The van der Waals surface area contributed by atoms with E-state index < -0.39 is 0 Å². The van der Waals surface area contributed by atoms with Gasteiger partial charge in [-0.2, -0.15) is 0 Å². The summed E-state index contributed by atoms with van der Waals surface area (Å²) in [6, 6.07) is 4.68. The monoisotopic (exact) mass is 259 g/mol. The van der Waals surface area contributed by atoms with E-state index >= 15 is 0 Å². The van der Waals surface area contributed by atoms with Crippen LogP contribution in [0.5, 0.6) is 0 Å². The van der Waals surface area contributed by atoms with Gasteiger partial charge in [0.25, 0.3) is 0 Å². The van der Waals surface area contributed by atoms with Crippen LogP contribution in [0.3, 0.4) is 0 Å². The SMILES string of the molecule is CNC(CCCCOC)c1cc(Cl)ccc1F. The van der Waals surface area contributed by atoms with Crippen molar-refractivity contribution in [2.24, 2.45) is 0 Å². The van der Waals surface area contributed by atoms with E-state index in [1.54, 1.807) is 19.2 Å². The average Bonchev–Trinajstić information content (AvgIpc) is 2.33. The van der Waals surface area contributed by atoms with Gasteiger partial charge in [0.2, 0.25) is 0 Å². The molecule has 1 aromatic rings. The van der Waals surface area contributed by atoms with Gasteiger partial charge in [-0.15, -0.1) is 0 Å². The lowest BCUT2D eigenvalue weighted by Gasteiger charge is -2.17. The lowest BCUT2D eigenvalue weighted by atomic mass is 10.0. The summed E-state index contributed by atoms with van der Waals surface area (Å²) in [5.74, 6) is -0.208. The van der Waals surface area contributed by atoms with Crippen molar-refractivity contribution in [3.05, 3.63) is 34.6 Å². The van der Waals surface area contributed by atoms with E-state index in [-0.39, 0.29) is 11.9 Å². The van der Waals surface area contributed by atoms with Gasteiger partial charge in [-0.25, -0.2) is 4.39 Å². The van der Waals surface area contributed by atoms with Crippen LogP contribution in [0, 0.1) is 5.82 Å². The van der Waals surface area contributed by atoms with Crippen molar-refractivity contribution in [2.45, 2.75) is 25.3 Å². The summed E-state index contributed by atoms with van der Waals surface area (Å²) in [6.07, 6.45) is 2.85. The molecule has 0 aliphatic carbocycles. The Bertz CT molecular complexity index is 346. The molecule has 0 heterocycles. The molecule has 0 spiro atoms. The number of benzene rings is 1. The van der Waals surface area contributed by atoms with Crippen molar-refractivity contribution in [1.29, 1.82) is 0 Å². The van der Waals surface area contributed by atoms with Gasteiger partial charge in [-0.05, 0) is 44.5 Å². The molecule has 17 heavy (non-hydrogen) atoms. The van der Waals surface area contributed by atoms with Crippen LogP contribution in [-0.2, 0) is 4.74 Å². The maximum Gasteiger partial charge on any atom is 0.128 e. The van der Waals surface area contributed by atoms with Crippen LogP contribution in [0.1, 0.15) is 30.9 Å². The number of nitrogens with one attached hydrogen (secondary N) is 1. The maximum absolute atomic E-state index is 13.7. The minimum atomic E-state index is -0.208. The van der Waals surface area contributed by atoms with Crippen LogP contribution < -0.4 is 5.32 Å². The van der Waals surface area contributed by atoms with Crippen LogP contribution in [0.2, 0.25) is 5.02 Å². The van der Waals surface area contributed by atoms with Gasteiger partial charge in [-0.1, -0.05) is 11.6 Å². The Labute approximate surface area is 107 Å². The lowest BCUT2D eigenvalue weighted by molar-refractivity contribution is 0.191. The van der Waals surface area contributed by atoms with E-state index in [4.69, 9.17) is 16.3 Å². The van der Waals surface area contributed by atoms with E-state index in [0.717, 1.165) is 25.9 Å². The molecule has 1 rings (SSSR count). The smallest absolute Gasteiger partial charge is 0.128 e. The van der Waals surface area contributed by atoms with Gasteiger partial charge in [-0.3, -0.25) is 0 Å². The number of methoxy groups -OCH3 is 1. The second kappa shape index (κ2) is 7.64. The van der Waals surface area contributed by atoms with Crippen molar-refractivity contribution >= 4 is 11.6 Å².